The first-order valence-corrected chi connectivity index (χ1v) is 8.05. The summed E-state index contributed by atoms with van der Waals surface area (Å²) in [6, 6.07) is 5.67. The van der Waals surface area contributed by atoms with E-state index < -0.39 is 4.92 Å². The minimum absolute atomic E-state index is 0.00817. The molecule has 0 atom stereocenters. The van der Waals surface area contributed by atoms with Crippen molar-refractivity contribution in [1.29, 1.82) is 0 Å². The Morgan fingerprint density at radius 3 is 2.05 bits per heavy atom. The van der Waals surface area contributed by atoms with Crippen molar-refractivity contribution < 1.29 is 14.5 Å². The van der Waals surface area contributed by atoms with E-state index in [4.69, 9.17) is 4.74 Å². The summed E-state index contributed by atoms with van der Waals surface area (Å²) in [5, 5.41) is 10.7. The Bertz CT molecular complexity index is 582. The lowest BCUT2D eigenvalue weighted by atomic mass is 9.55. The number of rotatable bonds is 3. The van der Waals surface area contributed by atoms with Gasteiger partial charge < -0.3 is 4.74 Å². The fourth-order valence-corrected chi connectivity index (χ4v) is 4.98. The third-order valence-electron chi connectivity index (χ3n) is 5.70. The third-order valence-corrected chi connectivity index (χ3v) is 5.70. The van der Waals surface area contributed by atoms with E-state index in [0.717, 1.165) is 11.8 Å². The van der Waals surface area contributed by atoms with Crippen LogP contribution in [0.2, 0.25) is 0 Å². The zero-order valence-corrected chi connectivity index (χ0v) is 12.3. The van der Waals surface area contributed by atoms with Gasteiger partial charge in [0.2, 0.25) is 0 Å². The van der Waals surface area contributed by atoms with Crippen LogP contribution in [-0.2, 0) is 4.74 Å². The van der Waals surface area contributed by atoms with Gasteiger partial charge in [0.05, 0.1) is 10.5 Å². The first-order chi connectivity index (χ1) is 10.6. The van der Waals surface area contributed by atoms with Crippen LogP contribution >= 0.6 is 0 Å². The molecule has 5 heteroatoms. The van der Waals surface area contributed by atoms with E-state index in [1.165, 1.54) is 56.4 Å². The Labute approximate surface area is 128 Å². The number of nitro groups is 1. The van der Waals surface area contributed by atoms with Gasteiger partial charge in [0, 0.05) is 12.1 Å². The molecule has 4 aliphatic carbocycles. The molecule has 4 saturated carbocycles. The second-order valence-electron chi connectivity index (χ2n) is 7.10. The van der Waals surface area contributed by atoms with Gasteiger partial charge in [0.15, 0.2) is 0 Å². The van der Waals surface area contributed by atoms with Crippen LogP contribution in [0.15, 0.2) is 24.3 Å². The number of ether oxygens (including phenoxy) is 1. The van der Waals surface area contributed by atoms with Crippen molar-refractivity contribution in [3.8, 4) is 0 Å². The summed E-state index contributed by atoms with van der Waals surface area (Å²) < 4.78 is 5.80. The van der Waals surface area contributed by atoms with Gasteiger partial charge in [-0.25, -0.2) is 4.79 Å². The Morgan fingerprint density at radius 1 is 1.00 bits per heavy atom. The number of hydrogen-bond donors (Lipinski definition) is 0. The zero-order chi connectivity index (χ0) is 15.3. The number of benzene rings is 1. The minimum atomic E-state index is -0.465. The smallest absolute Gasteiger partial charge is 0.338 e. The molecule has 0 N–H and O–H groups in total. The van der Waals surface area contributed by atoms with Gasteiger partial charge in [-0.3, -0.25) is 10.1 Å². The number of non-ortho nitro benzene ring substituents is 1. The van der Waals surface area contributed by atoms with Crippen molar-refractivity contribution in [2.24, 2.45) is 23.7 Å². The van der Waals surface area contributed by atoms with Crippen LogP contribution in [-0.4, -0.2) is 17.0 Å². The molecule has 5 nitrogen and oxygen atoms in total. The van der Waals surface area contributed by atoms with Crippen molar-refractivity contribution >= 4 is 11.7 Å². The Morgan fingerprint density at radius 2 is 1.55 bits per heavy atom. The minimum Gasteiger partial charge on any atom is -0.458 e. The molecule has 4 bridgehead atoms. The lowest BCUT2D eigenvalue weighted by molar-refractivity contribution is -0.384. The molecule has 0 radical (unpaired) electrons. The Balaban J connectivity index is 1.47. The third kappa shape index (κ3) is 2.28. The molecule has 4 aliphatic rings. The van der Waals surface area contributed by atoms with Crippen molar-refractivity contribution in [2.45, 2.75) is 38.2 Å². The molecule has 1 aromatic carbocycles. The largest absolute Gasteiger partial charge is 0.458 e. The van der Waals surface area contributed by atoms with Gasteiger partial charge in [-0.15, -0.1) is 0 Å². The summed E-state index contributed by atoms with van der Waals surface area (Å²) in [5.74, 6) is 2.40. The predicted octanol–water partition coefficient (Wildman–Crippen LogP) is 3.58. The summed E-state index contributed by atoms with van der Waals surface area (Å²) in [4.78, 5) is 22.5. The molecular formula is C17H19NO4. The van der Waals surface area contributed by atoms with Gasteiger partial charge >= 0.3 is 5.97 Å². The summed E-state index contributed by atoms with van der Waals surface area (Å²) >= 11 is 0. The zero-order valence-electron chi connectivity index (χ0n) is 12.3. The number of hydrogen-bond acceptors (Lipinski definition) is 4. The summed E-state index contributed by atoms with van der Waals surface area (Å²) in [5.41, 5.74) is 0.394. The average Bonchev–Trinajstić information content (AvgIpc) is 2.50. The molecule has 0 aliphatic heterocycles. The average molecular weight is 301 g/mol. The molecule has 1 aromatic rings. The van der Waals surface area contributed by atoms with Crippen molar-refractivity contribution in [3.05, 3.63) is 39.9 Å². The highest BCUT2D eigenvalue weighted by Gasteiger charge is 2.49. The molecule has 0 amide bonds. The molecule has 22 heavy (non-hydrogen) atoms. The maximum Gasteiger partial charge on any atom is 0.338 e. The summed E-state index contributed by atoms with van der Waals surface area (Å²) in [7, 11) is 0. The fourth-order valence-electron chi connectivity index (χ4n) is 4.98. The molecular weight excluding hydrogens is 282 g/mol. The van der Waals surface area contributed by atoms with E-state index in [2.05, 4.69) is 0 Å². The highest BCUT2D eigenvalue weighted by Crippen LogP contribution is 2.54. The van der Waals surface area contributed by atoms with Crippen molar-refractivity contribution in [1.82, 2.24) is 0 Å². The molecule has 0 spiro atoms. The van der Waals surface area contributed by atoms with Crippen molar-refractivity contribution in [3.63, 3.8) is 0 Å². The lowest BCUT2D eigenvalue weighted by Crippen LogP contribution is -2.50. The van der Waals surface area contributed by atoms with E-state index >= 15 is 0 Å². The number of nitrogens with zero attached hydrogens (tertiary/aromatic N) is 1. The molecule has 4 fully saturated rings. The van der Waals surface area contributed by atoms with Crippen LogP contribution in [0.5, 0.6) is 0 Å². The normalized spacial score (nSPS) is 35.4. The number of carbonyl (C=O) groups is 1. The van der Waals surface area contributed by atoms with Gasteiger partial charge in [-0.1, -0.05) is 0 Å². The number of esters is 1. The van der Waals surface area contributed by atoms with Crippen LogP contribution in [0.1, 0.15) is 42.5 Å². The highest BCUT2D eigenvalue weighted by molar-refractivity contribution is 5.89. The van der Waals surface area contributed by atoms with E-state index in [1.807, 2.05) is 0 Å². The summed E-state index contributed by atoms with van der Waals surface area (Å²) in [6.45, 7) is 0. The van der Waals surface area contributed by atoms with E-state index in [1.54, 1.807) is 0 Å². The maximum atomic E-state index is 12.3. The van der Waals surface area contributed by atoms with Crippen LogP contribution in [0.4, 0.5) is 5.69 Å². The van der Waals surface area contributed by atoms with E-state index in [9.17, 15) is 14.9 Å². The quantitative estimate of drug-likeness (QED) is 0.486. The highest BCUT2D eigenvalue weighted by atomic mass is 16.6. The lowest BCUT2D eigenvalue weighted by Gasteiger charge is -2.53. The SMILES string of the molecule is O=C(OC1C2CC3CC(C2)CC1C3)c1ccc([N+](=O)[O-])cc1. The molecule has 0 unspecified atom stereocenters. The molecule has 0 aromatic heterocycles. The van der Waals surface area contributed by atoms with Crippen LogP contribution in [0, 0.1) is 33.8 Å². The Hall–Kier alpha value is -1.91. The van der Waals surface area contributed by atoms with Crippen LogP contribution < -0.4 is 0 Å². The molecule has 116 valence electrons. The van der Waals surface area contributed by atoms with Gasteiger partial charge in [0.1, 0.15) is 6.10 Å². The second-order valence-corrected chi connectivity index (χ2v) is 7.10. The number of nitro benzene ring substituents is 1. The molecule has 0 saturated heterocycles. The van der Waals surface area contributed by atoms with Crippen LogP contribution in [0.25, 0.3) is 0 Å². The standard InChI is InChI=1S/C17H19NO4/c19-17(12-1-3-15(4-2-12)18(20)21)22-16-13-6-10-5-11(8-13)9-14(16)7-10/h1-4,10-11,13-14,16H,5-9H2. The monoisotopic (exact) mass is 301 g/mol. The van der Waals surface area contributed by atoms with E-state index in [-0.39, 0.29) is 17.8 Å². The number of carbonyl (C=O) groups excluding carboxylic acids is 1. The molecule has 0 heterocycles. The summed E-state index contributed by atoms with van der Waals surface area (Å²) in [6.07, 6.45) is 6.22. The molecule has 5 rings (SSSR count). The fraction of sp³-hybridized carbons (Fsp3) is 0.588. The maximum absolute atomic E-state index is 12.3. The second kappa shape index (κ2) is 5.07. The Kier molecular flexibility index (Phi) is 3.17. The van der Waals surface area contributed by atoms with Gasteiger partial charge in [0.25, 0.3) is 5.69 Å². The van der Waals surface area contributed by atoms with Crippen LogP contribution in [0.3, 0.4) is 0 Å². The van der Waals surface area contributed by atoms with Crippen molar-refractivity contribution in [2.75, 3.05) is 0 Å². The van der Waals surface area contributed by atoms with E-state index in [0.29, 0.717) is 17.4 Å². The first kappa shape index (κ1) is 13.7. The predicted molar refractivity (Wildman–Crippen MR) is 79.3 cm³/mol. The van der Waals surface area contributed by atoms with Gasteiger partial charge in [-0.2, -0.15) is 0 Å². The van der Waals surface area contributed by atoms with Gasteiger partial charge in [-0.05, 0) is 67.9 Å². The first-order valence-electron chi connectivity index (χ1n) is 8.05. The topological polar surface area (TPSA) is 69.4 Å².